The van der Waals surface area contributed by atoms with E-state index in [1.807, 2.05) is 6.07 Å². The highest BCUT2D eigenvalue weighted by Gasteiger charge is 2.21. The molecule has 0 bridgehead atoms. The van der Waals surface area contributed by atoms with Gasteiger partial charge in [-0.15, -0.1) is 0 Å². The van der Waals surface area contributed by atoms with Gasteiger partial charge < -0.3 is 4.74 Å². The summed E-state index contributed by atoms with van der Waals surface area (Å²) in [6.45, 7) is 0. The largest absolute Gasteiger partial charge is 0.496 e. The van der Waals surface area contributed by atoms with E-state index in [4.69, 9.17) is 9.72 Å². The van der Waals surface area contributed by atoms with E-state index in [2.05, 4.69) is 114 Å². The van der Waals surface area contributed by atoms with Crippen LogP contribution < -0.4 is 4.74 Å². The van der Waals surface area contributed by atoms with Gasteiger partial charge in [-0.3, -0.25) is 4.57 Å². The maximum Gasteiger partial charge on any atom is 0.146 e. The van der Waals surface area contributed by atoms with Crippen LogP contribution in [0.25, 0.3) is 60.4 Å². The summed E-state index contributed by atoms with van der Waals surface area (Å²) in [7, 11) is 1.72. The lowest BCUT2D eigenvalue weighted by Gasteiger charge is -2.14. The summed E-state index contributed by atoms with van der Waals surface area (Å²) >= 11 is 0. The van der Waals surface area contributed by atoms with Gasteiger partial charge in [0, 0.05) is 27.4 Å². The van der Waals surface area contributed by atoms with Crippen molar-refractivity contribution in [1.82, 2.24) is 9.55 Å². The van der Waals surface area contributed by atoms with Crippen molar-refractivity contribution in [2.24, 2.45) is 0 Å². The first kappa shape index (κ1) is 19.8. The number of para-hydroxylation sites is 1. The van der Waals surface area contributed by atoms with E-state index < -0.39 is 0 Å². The lowest BCUT2D eigenvalue weighted by atomic mass is 10.00. The number of fused-ring (bicyclic) bond motifs is 7. The molecule has 0 unspecified atom stereocenters. The Hall–Kier alpha value is -4.63. The molecule has 0 aliphatic carbocycles. The zero-order chi connectivity index (χ0) is 23.4. The van der Waals surface area contributed by atoms with Crippen molar-refractivity contribution < 1.29 is 4.74 Å². The van der Waals surface area contributed by atoms with E-state index >= 15 is 0 Å². The second-order valence-corrected chi connectivity index (χ2v) is 8.76. The Balaban J connectivity index is 1.72. The van der Waals surface area contributed by atoms with Crippen LogP contribution in [0.15, 0.2) is 115 Å². The van der Waals surface area contributed by atoms with Gasteiger partial charge in [-0.25, -0.2) is 4.98 Å². The zero-order valence-corrected chi connectivity index (χ0v) is 19.3. The highest BCUT2D eigenvalue weighted by atomic mass is 16.5. The quantitative estimate of drug-likeness (QED) is 0.254. The van der Waals surface area contributed by atoms with E-state index in [0.717, 1.165) is 50.0 Å². The third-order valence-corrected chi connectivity index (χ3v) is 6.89. The lowest BCUT2D eigenvalue weighted by Crippen LogP contribution is -1.99. The van der Waals surface area contributed by atoms with Gasteiger partial charge >= 0.3 is 0 Å². The third-order valence-electron chi connectivity index (χ3n) is 6.89. The molecule has 0 fully saturated rings. The van der Waals surface area contributed by atoms with Crippen molar-refractivity contribution in [2.75, 3.05) is 7.11 Å². The second kappa shape index (κ2) is 7.71. The third kappa shape index (κ3) is 2.88. The second-order valence-electron chi connectivity index (χ2n) is 8.76. The molecule has 7 aromatic rings. The van der Waals surface area contributed by atoms with E-state index in [-0.39, 0.29) is 0 Å². The first-order chi connectivity index (χ1) is 17.3. The standard InChI is InChI=1S/C32H22N2O/c1-35-29-20-19-28(24-15-5-8-16-25(24)29)32-33-30-26-17-9-6-13-22(26)23-14-7-10-18-27(23)31(30)34(32)21-11-3-2-4-12-21/h2-20H,1H3. The molecule has 0 radical (unpaired) electrons. The Morgan fingerprint density at radius 2 is 1.11 bits per heavy atom. The molecule has 35 heavy (non-hydrogen) atoms. The number of rotatable bonds is 3. The molecule has 3 nitrogen and oxygen atoms in total. The molecule has 1 heterocycles. The van der Waals surface area contributed by atoms with Gasteiger partial charge in [-0.2, -0.15) is 0 Å². The molecule has 0 spiro atoms. The van der Waals surface area contributed by atoms with Gasteiger partial charge in [0.25, 0.3) is 0 Å². The maximum atomic E-state index is 5.68. The average molecular weight is 451 g/mol. The molecule has 1 aromatic heterocycles. The Bertz CT molecular complexity index is 1880. The van der Waals surface area contributed by atoms with Crippen LogP contribution in [0.1, 0.15) is 0 Å². The molecule has 0 amide bonds. The van der Waals surface area contributed by atoms with Crippen LogP contribution in [0.5, 0.6) is 5.75 Å². The summed E-state index contributed by atoms with van der Waals surface area (Å²) in [6.07, 6.45) is 0. The van der Waals surface area contributed by atoms with E-state index in [0.29, 0.717) is 0 Å². The SMILES string of the molecule is COc1ccc(-c2nc3c4ccccc4c4ccccc4c3n2-c2ccccc2)c2ccccc12. The van der Waals surface area contributed by atoms with E-state index in [1.54, 1.807) is 7.11 Å². The number of hydrogen-bond donors (Lipinski definition) is 0. The maximum absolute atomic E-state index is 5.68. The number of hydrogen-bond acceptors (Lipinski definition) is 2. The summed E-state index contributed by atoms with van der Waals surface area (Å²) in [5, 5.41) is 7.01. The number of nitrogens with zero attached hydrogens (tertiary/aromatic N) is 2. The molecule has 0 atom stereocenters. The van der Waals surface area contributed by atoms with Crippen LogP contribution in [0.2, 0.25) is 0 Å². The van der Waals surface area contributed by atoms with Crippen molar-refractivity contribution in [3.63, 3.8) is 0 Å². The first-order valence-corrected chi connectivity index (χ1v) is 11.8. The molecule has 6 aromatic carbocycles. The van der Waals surface area contributed by atoms with Gasteiger partial charge in [0.1, 0.15) is 11.6 Å². The Morgan fingerprint density at radius 3 is 1.83 bits per heavy atom. The molecule has 0 N–H and O–H groups in total. The minimum Gasteiger partial charge on any atom is -0.496 e. The fraction of sp³-hybridized carbons (Fsp3) is 0.0312. The van der Waals surface area contributed by atoms with Gasteiger partial charge in [0.2, 0.25) is 0 Å². The predicted octanol–water partition coefficient (Wildman–Crippen LogP) is 8.16. The van der Waals surface area contributed by atoms with Crippen LogP contribution in [0.3, 0.4) is 0 Å². The molecule has 0 aliphatic heterocycles. The highest BCUT2D eigenvalue weighted by molar-refractivity contribution is 6.24. The van der Waals surface area contributed by atoms with Gasteiger partial charge in [0.15, 0.2) is 0 Å². The Labute approximate surface area is 202 Å². The normalized spacial score (nSPS) is 11.6. The van der Waals surface area contributed by atoms with Crippen LogP contribution in [0.4, 0.5) is 0 Å². The molecule has 0 aliphatic rings. The topological polar surface area (TPSA) is 27.1 Å². The summed E-state index contributed by atoms with van der Waals surface area (Å²) < 4.78 is 8.00. The molecule has 0 saturated heterocycles. The number of benzene rings is 6. The molecular formula is C32H22N2O. The van der Waals surface area contributed by atoms with Gasteiger partial charge in [0.05, 0.1) is 18.1 Å². The Morgan fingerprint density at radius 1 is 0.543 bits per heavy atom. The van der Waals surface area contributed by atoms with Gasteiger partial charge in [-0.1, -0.05) is 91.0 Å². The van der Waals surface area contributed by atoms with Crippen molar-refractivity contribution in [3.05, 3.63) is 115 Å². The predicted molar refractivity (Wildman–Crippen MR) is 146 cm³/mol. The van der Waals surface area contributed by atoms with E-state index in [9.17, 15) is 0 Å². The number of imidazole rings is 1. The minimum absolute atomic E-state index is 0.864. The van der Waals surface area contributed by atoms with Crippen molar-refractivity contribution in [2.45, 2.75) is 0 Å². The smallest absolute Gasteiger partial charge is 0.146 e. The van der Waals surface area contributed by atoms with Crippen LogP contribution in [-0.4, -0.2) is 16.7 Å². The van der Waals surface area contributed by atoms with Gasteiger partial charge in [-0.05, 0) is 40.4 Å². The van der Waals surface area contributed by atoms with Crippen molar-refractivity contribution in [1.29, 1.82) is 0 Å². The monoisotopic (exact) mass is 450 g/mol. The van der Waals surface area contributed by atoms with E-state index in [1.165, 1.54) is 16.2 Å². The number of methoxy groups -OCH3 is 1. The summed E-state index contributed by atoms with van der Waals surface area (Å²) in [5.41, 5.74) is 4.30. The molecular weight excluding hydrogens is 428 g/mol. The number of aromatic nitrogens is 2. The summed E-state index contributed by atoms with van der Waals surface area (Å²) in [4.78, 5) is 5.37. The zero-order valence-electron chi connectivity index (χ0n) is 19.3. The summed E-state index contributed by atoms with van der Waals surface area (Å²) in [6, 6.07) is 40.3. The fourth-order valence-electron chi connectivity index (χ4n) is 5.36. The average Bonchev–Trinajstić information content (AvgIpc) is 3.34. The Kier molecular flexibility index (Phi) is 4.36. The van der Waals surface area contributed by atoms with Crippen LogP contribution in [0, 0.1) is 0 Å². The van der Waals surface area contributed by atoms with Crippen molar-refractivity contribution >= 4 is 43.4 Å². The first-order valence-electron chi connectivity index (χ1n) is 11.8. The minimum atomic E-state index is 0.864. The highest BCUT2D eigenvalue weighted by Crippen LogP contribution is 2.41. The molecule has 3 heteroatoms. The molecule has 7 rings (SSSR count). The molecule has 0 saturated carbocycles. The number of ether oxygens (including phenoxy) is 1. The molecule has 166 valence electrons. The lowest BCUT2D eigenvalue weighted by molar-refractivity contribution is 0.420. The van der Waals surface area contributed by atoms with Crippen LogP contribution in [-0.2, 0) is 0 Å². The fourth-order valence-corrected chi connectivity index (χ4v) is 5.36. The van der Waals surface area contributed by atoms with Crippen molar-refractivity contribution in [3.8, 4) is 22.8 Å². The van der Waals surface area contributed by atoms with Crippen LogP contribution >= 0.6 is 0 Å². The summed E-state index contributed by atoms with van der Waals surface area (Å²) in [5.74, 6) is 1.79.